The molecule has 0 spiro atoms. The van der Waals surface area contributed by atoms with E-state index in [0.29, 0.717) is 11.6 Å². The molecule has 27 heavy (non-hydrogen) atoms. The highest BCUT2D eigenvalue weighted by Gasteiger charge is 2.39. The van der Waals surface area contributed by atoms with Gasteiger partial charge in [0.25, 0.3) is 5.91 Å². The Hall–Kier alpha value is -2.82. The van der Waals surface area contributed by atoms with E-state index in [4.69, 9.17) is 0 Å². The van der Waals surface area contributed by atoms with E-state index in [1.165, 1.54) is 25.7 Å². The second kappa shape index (κ2) is 6.72. The summed E-state index contributed by atoms with van der Waals surface area (Å²) in [5, 5.41) is 4.08. The minimum atomic E-state index is -0.0909. The van der Waals surface area contributed by atoms with Gasteiger partial charge in [0.15, 0.2) is 0 Å². The summed E-state index contributed by atoms with van der Waals surface area (Å²) in [7, 11) is 0. The first-order chi connectivity index (χ1) is 13.3. The second-order valence-electron chi connectivity index (χ2n) is 7.83. The lowest BCUT2D eigenvalue weighted by Gasteiger charge is -2.21. The maximum Gasteiger partial charge on any atom is 0.269 e. The van der Waals surface area contributed by atoms with Crippen molar-refractivity contribution in [1.29, 1.82) is 0 Å². The van der Waals surface area contributed by atoms with Gasteiger partial charge in [-0.25, -0.2) is 4.98 Å². The van der Waals surface area contributed by atoms with Crippen LogP contribution in [0.2, 0.25) is 0 Å². The van der Waals surface area contributed by atoms with Crippen LogP contribution in [0.3, 0.4) is 0 Å². The molecule has 3 heterocycles. The van der Waals surface area contributed by atoms with Crippen molar-refractivity contribution in [3.63, 3.8) is 0 Å². The molecule has 0 unspecified atom stereocenters. The Morgan fingerprint density at radius 3 is 2.70 bits per heavy atom. The predicted molar refractivity (Wildman–Crippen MR) is 104 cm³/mol. The molecule has 2 fully saturated rings. The molecule has 1 N–H and O–H groups in total. The Kier molecular flexibility index (Phi) is 4.07. The number of rotatable bonds is 4. The van der Waals surface area contributed by atoms with E-state index in [9.17, 15) is 4.79 Å². The number of hydrogen-bond donors (Lipinski definition) is 1. The van der Waals surface area contributed by atoms with Crippen LogP contribution in [0.15, 0.2) is 49.1 Å². The van der Waals surface area contributed by atoms with Gasteiger partial charge in [-0.05, 0) is 72.4 Å². The quantitative estimate of drug-likeness (QED) is 0.769. The van der Waals surface area contributed by atoms with Gasteiger partial charge >= 0.3 is 0 Å². The van der Waals surface area contributed by atoms with Crippen molar-refractivity contribution in [1.82, 2.24) is 20.3 Å². The smallest absolute Gasteiger partial charge is 0.269 e. The molecule has 3 atom stereocenters. The molecular weight excluding hydrogens is 336 g/mol. The molecule has 0 saturated heterocycles. The maximum absolute atomic E-state index is 12.8. The third-order valence-corrected chi connectivity index (χ3v) is 6.24. The van der Waals surface area contributed by atoms with Crippen molar-refractivity contribution in [2.45, 2.75) is 25.7 Å². The molecule has 5 heteroatoms. The van der Waals surface area contributed by atoms with Gasteiger partial charge in [-0.3, -0.25) is 14.8 Å². The van der Waals surface area contributed by atoms with Crippen LogP contribution < -0.4 is 5.32 Å². The Bertz CT molecular complexity index is 988. The summed E-state index contributed by atoms with van der Waals surface area (Å²) >= 11 is 0. The number of amides is 1. The van der Waals surface area contributed by atoms with Gasteiger partial charge in [0.1, 0.15) is 5.69 Å². The van der Waals surface area contributed by atoms with E-state index in [2.05, 4.69) is 20.3 Å². The lowest BCUT2D eigenvalue weighted by atomic mass is 9.89. The fraction of sp³-hybridized carbons (Fsp3) is 0.364. The Labute approximate surface area is 158 Å². The van der Waals surface area contributed by atoms with Gasteiger partial charge in [0.05, 0.1) is 5.52 Å². The molecule has 3 aromatic heterocycles. The van der Waals surface area contributed by atoms with Crippen molar-refractivity contribution >= 4 is 16.8 Å². The van der Waals surface area contributed by atoms with E-state index >= 15 is 0 Å². The number of nitrogens with one attached hydrogen (secondary N) is 1. The van der Waals surface area contributed by atoms with E-state index in [0.717, 1.165) is 40.4 Å². The first-order valence-corrected chi connectivity index (χ1v) is 9.71. The first-order valence-electron chi connectivity index (χ1n) is 9.71. The molecule has 5 nitrogen and oxygen atoms in total. The van der Waals surface area contributed by atoms with E-state index in [-0.39, 0.29) is 5.91 Å². The molecule has 2 aliphatic rings. The predicted octanol–water partition coefficient (Wildman–Crippen LogP) is 3.86. The van der Waals surface area contributed by atoms with Crippen LogP contribution in [0.4, 0.5) is 0 Å². The van der Waals surface area contributed by atoms with Gasteiger partial charge in [-0.2, -0.15) is 0 Å². The highest BCUT2D eigenvalue weighted by Crippen LogP contribution is 2.47. The minimum absolute atomic E-state index is 0.0909. The third-order valence-electron chi connectivity index (χ3n) is 6.24. The number of pyridine rings is 3. The number of hydrogen-bond acceptors (Lipinski definition) is 4. The summed E-state index contributed by atoms with van der Waals surface area (Å²) in [4.78, 5) is 25.7. The zero-order valence-corrected chi connectivity index (χ0v) is 15.1. The van der Waals surface area contributed by atoms with Gasteiger partial charge in [0.2, 0.25) is 0 Å². The number of nitrogens with zero attached hydrogens (tertiary/aromatic N) is 3. The minimum Gasteiger partial charge on any atom is -0.350 e. The largest absolute Gasteiger partial charge is 0.350 e. The van der Waals surface area contributed by atoms with Crippen molar-refractivity contribution in [2.24, 2.45) is 17.8 Å². The van der Waals surface area contributed by atoms with Crippen LogP contribution >= 0.6 is 0 Å². The molecule has 3 aromatic rings. The number of carbonyl (C=O) groups is 1. The lowest BCUT2D eigenvalue weighted by molar-refractivity contribution is 0.0937. The summed E-state index contributed by atoms with van der Waals surface area (Å²) in [5.41, 5.74) is 3.21. The molecule has 2 bridgehead atoms. The molecule has 1 amide bonds. The van der Waals surface area contributed by atoms with Crippen LogP contribution in [0.5, 0.6) is 0 Å². The lowest BCUT2D eigenvalue weighted by Crippen LogP contribution is -2.32. The van der Waals surface area contributed by atoms with E-state index in [1.54, 1.807) is 24.8 Å². The normalized spacial score (nSPS) is 23.6. The molecule has 0 aromatic carbocycles. The van der Waals surface area contributed by atoms with Gasteiger partial charge < -0.3 is 5.32 Å². The fourth-order valence-corrected chi connectivity index (χ4v) is 4.90. The van der Waals surface area contributed by atoms with Crippen LogP contribution in [0, 0.1) is 17.8 Å². The van der Waals surface area contributed by atoms with E-state index in [1.807, 2.05) is 24.3 Å². The van der Waals surface area contributed by atoms with Crippen LogP contribution in [-0.2, 0) is 0 Å². The Morgan fingerprint density at radius 2 is 1.93 bits per heavy atom. The topological polar surface area (TPSA) is 67.8 Å². The monoisotopic (exact) mass is 358 g/mol. The molecule has 2 aliphatic carbocycles. The standard InChI is InChI=1S/C22H22N4O/c27-22(25-12-17-10-14-1-2-16(17)9-14)21-11-18(15-3-6-23-7-4-15)19-13-24-8-5-20(19)26-21/h3-8,11,13-14,16-17H,1-2,9-10,12H2,(H,25,27)/t14-,16-,17+/m0/s1. The van der Waals surface area contributed by atoms with Gasteiger partial charge in [-0.15, -0.1) is 0 Å². The van der Waals surface area contributed by atoms with Crippen LogP contribution in [0.25, 0.3) is 22.0 Å². The molecule has 2 saturated carbocycles. The van der Waals surface area contributed by atoms with E-state index < -0.39 is 0 Å². The van der Waals surface area contributed by atoms with Crippen molar-refractivity contribution in [3.05, 3.63) is 54.7 Å². The highest BCUT2D eigenvalue weighted by atomic mass is 16.1. The summed E-state index contributed by atoms with van der Waals surface area (Å²) in [6, 6.07) is 7.61. The van der Waals surface area contributed by atoms with Gasteiger partial charge in [-0.1, -0.05) is 6.42 Å². The molecule has 0 radical (unpaired) electrons. The average Bonchev–Trinajstić information content (AvgIpc) is 3.35. The van der Waals surface area contributed by atoms with Crippen molar-refractivity contribution < 1.29 is 4.79 Å². The van der Waals surface area contributed by atoms with Crippen molar-refractivity contribution in [2.75, 3.05) is 6.54 Å². The highest BCUT2D eigenvalue weighted by molar-refractivity contribution is 6.00. The fourth-order valence-electron chi connectivity index (χ4n) is 4.90. The zero-order valence-electron chi connectivity index (χ0n) is 15.1. The number of aromatic nitrogens is 3. The van der Waals surface area contributed by atoms with Crippen LogP contribution in [-0.4, -0.2) is 27.4 Å². The number of carbonyl (C=O) groups excluding carboxylic acids is 1. The van der Waals surface area contributed by atoms with Crippen LogP contribution in [0.1, 0.15) is 36.2 Å². The first kappa shape index (κ1) is 16.4. The summed E-state index contributed by atoms with van der Waals surface area (Å²) in [6.45, 7) is 0.765. The summed E-state index contributed by atoms with van der Waals surface area (Å²) in [6.07, 6.45) is 12.4. The molecule has 136 valence electrons. The summed E-state index contributed by atoms with van der Waals surface area (Å²) in [5.74, 6) is 2.24. The maximum atomic E-state index is 12.8. The number of fused-ring (bicyclic) bond motifs is 3. The molecule has 0 aliphatic heterocycles. The van der Waals surface area contributed by atoms with Crippen molar-refractivity contribution in [3.8, 4) is 11.1 Å². The van der Waals surface area contributed by atoms with Gasteiger partial charge in [0, 0.05) is 36.7 Å². The molecular formula is C22H22N4O. The summed E-state index contributed by atoms with van der Waals surface area (Å²) < 4.78 is 0. The molecule has 5 rings (SSSR count). The second-order valence-corrected chi connectivity index (χ2v) is 7.83. The third kappa shape index (κ3) is 3.07. The average molecular weight is 358 g/mol. The Morgan fingerprint density at radius 1 is 1.07 bits per heavy atom. The zero-order chi connectivity index (χ0) is 18.2. The Balaban J connectivity index is 1.43. The SMILES string of the molecule is O=C(NC[C@H]1C[C@H]2CC[C@H]1C2)c1cc(-c2ccncc2)c2cnccc2n1.